The summed E-state index contributed by atoms with van der Waals surface area (Å²) in [6.45, 7) is 3.86. The van der Waals surface area contributed by atoms with Gasteiger partial charge in [-0.25, -0.2) is 0 Å². The predicted octanol–water partition coefficient (Wildman–Crippen LogP) is 2.50. The molecule has 94 valence electrons. The lowest BCUT2D eigenvalue weighted by molar-refractivity contribution is 0.135. The Morgan fingerprint density at radius 3 is 2.38 bits per heavy atom. The van der Waals surface area contributed by atoms with Crippen LogP contribution in [0.2, 0.25) is 0 Å². The molecule has 0 amide bonds. The highest BCUT2D eigenvalue weighted by Gasteiger charge is 2.34. The first kappa shape index (κ1) is 12.4. The summed E-state index contributed by atoms with van der Waals surface area (Å²) in [6.07, 6.45) is 10.2. The van der Waals surface area contributed by atoms with E-state index in [1.807, 2.05) is 0 Å². The van der Waals surface area contributed by atoms with Gasteiger partial charge in [-0.2, -0.15) is 0 Å². The molecule has 2 saturated carbocycles. The van der Waals surface area contributed by atoms with E-state index >= 15 is 0 Å². The van der Waals surface area contributed by atoms with Gasteiger partial charge in [0.1, 0.15) is 0 Å². The van der Waals surface area contributed by atoms with Crippen molar-refractivity contribution >= 4 is 0 Å². The van der Waals surface area contributed by atoms with Crippen LogP contribution >= 0.6 is 0 Å². The van der Waals surface area contributed by atoms with Crippen molar-refractivity contribution in [1.29, 1.82) is 0 Å². The summed E-state index contributed by atoms with van der Waals surface area (Å²) in [5, 5.41) is 3.41. The molecule has 2 aliphatic rings. The SMILES string of the molecule is CNCC1(CN(C)CC2CCC2)CCCC1. The van der Waals surface area contributed by atoms with Crippen LogP contribution in [0.3, 0.4) is 0 Å². The summed E-state index contributed by atoms with van der Waals surface area (Å²) in [6, 6.07) is 0. The Morgan fingerprint density at radius 1 is 1.19 bits per heavy atom. The molecule has 0 aromatic heterocycles. The summed E-state index contributed by atoms with van der Waals surface area (Å²) >= 11 is 0. The molecule has 0 bridgehead atoms. The number of nitrogens with one attached hydrogen (secondary N) is 1. The van der Waals surface area contributed by atoms with Gasteiger partial charge < -0.3 is 10.2 Å². The number of nitrogens with zero attached hydrogens (tertiary/aromatic N) is 1. The van der Waals surface area contributed by atoms with Gasteiger partial charge in [-0.15, -0.1) is 0 Å². The van der Waals surface area contributed by atoms with E-state index in [-0.39, 0.29) is 0 Å². The first-order valence-corrected chi connectivity index (χ1v) is 7.07. The number of rotatable bonds is 6. The van der Waals surface area contributed by atoms with Gasteiger partial charge in [0, 0.05) is 19.6 Å². The van der Waals surface area contributed by atoms with E-state index in [9.17, 15) is 0 Å². The van der Waals surface area contributed by atoms with Crippen LogP contribution in [0.15, 0.2) is 0 Å². The largest absolute Gasteiger partial charge is 0.319 e. The lowest BCUT2D eigenvalue weighted by atomic mass is 9.83. The van der Waals surface area contributed by atoms with E-state index in [4.69, 9.17) is 0 Å². The Morgan fingerprint density at radius 2 is 1.88 bits per heavy atom. The van der Waals surface area contributed by atoms with Crippen molar-refractivity contribution < 1.29 is 0 Å². The zero-order chi connectivity index (χ0) is 11.4. The van der Waals surface area contributed by atoms with Crippen LogP contribution in [0, 0.1) is 11.3 Å². The quantitative estimate of drug-likeness (QED) is 0.746. The Hall–Kier alpha value is -0.0800. The van der Waals surface area contributed by atoms with Crippen molar-refractivity contribution in [2.45, 2.75) is 44.9 Å². The van der Waals surface area contributed by atoms with Gasteiger partial charge in [-0.1, -0.05) is 19.3 Å². The summed E-state index contributed by atoms with van der Waals surface area (Å²) in [5.41, 5.74) is 0.591. The fourth-order valence-corrected chi connectivity index (χ4v) is 3.64. The van der Waals surface area contributed by atoms with Crippen molar-refractivity contribution in [2.24, 2.45) is 11.3 Å². The molecule has 0 aromatic carbocycles. The molecule has 2 nitrogen and oxygen atoms in total. The van der Waals surface area contributed by atoms with Crippen LogP contribution in [-0.4, -0.2) is 38.6 Å². The van der Waals surface area contributed by atoms with Gasteiger partial charge in [-0.05, 0) is 51.1 Å². The van der Waals surface area contributed by atoms with Crippen LogP contribution in [0.1, 0.15) is 44.9 Å². The third-order valence-electron chi connectivity index (χ3n) is 4.62. The minimum Gasteiger partial charge on any atom is -0.319 e. The maximum absolute atomic E-state index is 3.41. The van der Waals surface area contributed by atoms with E-state index in [1.165, 1.54) is 64.6 Å². The first-order chi connectivity index (χ1) is 7.74. The van der Waals surface area contributed by atoms with Crippen molar-refractivity contribution in [2.75, 3.05) is 33.7 Å². The van der Waals surface area contributed by atoms with Gasteiger partial charge in [0.15, 0.2) is 0 Å². The second kappa shape index (κ2) is 5.50. The average molecular weight is 224 g/mol. The van der Waals surface area contributed by atoms with E-state index in [2.05, 4.69) is 24.3 Å². The standard InChI is InChI=1S/C14H28N2/c1-15-11-14(8-3-4-9-14)12-16(2)10-13-6-5-7-13/h13,15H,3-12H2,1-2H3. The number of hydrogen-bond donors (Lipinski definition) is 1. The summed E-state index contributed by atoms with van der Waals surface area (Å²) in [7, 11) is 4.43. The van der Waals surface area contributed by atoms with Gasteiger partial charge in [-0.3, -0.25) is 0 Å². The highest BCUT2D eigenvalue weighted by atomic mass is 15.1. The molecule has 0 aromatic rings. The van der Waals surface area contributed by atoms with E-state index in [0.717, 1.165) is 5.92 Å². The van der Waals surface area contributed by atoms with Crippen LogP contribution in [0.5, 0.6) is 0 Å². The maximum Gasteiger partial charge on any atom is 0.00472 e. The fourth-order valence-electron chi connectivity index (χ4n) is 3.64. The Balaban J connectivity index is 1.79. The van der Waals surface area contributed by atoms with Gasteiger partial charge in [0.2, 0.25) is 0 Å². The third kappa shape index (κ3) is 2.98. The third-order valence-corrected chi connectivity index (χ3v) is 4.62. The first-order valence-electron chi connectivity index (χ1n) is 7.07. The van der Waals surface area contributed by atoms with Crippen LogP contribution in [-0.2, 0) is 0 Å². The van der Waals surface area contributed by atoms with Crippen molar-refractivity contribution in [3.8, 4) is 0 Å². The van der Waals surface area contributed by atoms with Crippen LogP contribution in [0.25, 0.3) is 0 Å². The highest BCUT2D eigenvalue weighted by Crippen LogP contribution is 2.38. The van der Waals surface area contributed by atoms with E-state index in [1.54, 1.807) is 0 Å². The summed E-state index contributed by atoms with van der Waals surface area (Å²) in [5.74, 6) is 1.01. The Labute approximate surface area is 101 Å². The van der Waals surface area contributed by atoms with Gasteiger partial charge in [0.25, 0.3) is 0 Å². The average Bonchev–Trinajstić information content (AvgIpc) is 2.61. The molecule has 0 atom stereocenters. The lowest BCUT2D eigenvalue weighted by Crippen LogP contribution is -2.42. The zero-order valence-corrected chi connectivity index (χ0v) is 11.1. The van der Waals surface area contributed by atoms with Crippen molar-refractivity contribution in [1.82, 2.24) is 10.2 Å². The fraction of sp³-hybridized carbons (Fsp3) is 1.00. The summed E-state index contributed by atoms with van der Waals surface area (Å²) < 4.78 is 0. The molecule has 2 fully saturated rings. The Kier molecular flexibility index (Phi) is 4.26. The normalized spacial score (nSPS) is 24.9. The molecule has 2 rings (SSSR count). The minimum atomic E-state index is 0.591. The summed E-state index contributed by atoms with van der Waals surface area (Å²) in [4.78, 5) is 2.60. The molecule has 0 saturated heterocycles. The maximum atomic E-state index is 3.41. The van der Waals surface area contributed by atoms with Crippen molar-refractivity contribution in [3.63, 3.8) is 0 Å². The molecule has 1 N–H and O–H groups in total. The van der Waals surface area contributed by atoms with Crippen LogP contribution < -0.4 is 5.32 Å². The van der Waals surface area contributed by atoms with E-state index in [0.29, 0.717) is 5.41 Å². The molecule has 0 aliphatic heterocycles. The predicted molar refractivity (Wildman–Crippen MR) is 69.7 cm³/mol. The lowest BCUT2D eigenvalue weighted by Gasteiger charge is -2.37. The van der Waals surface area contributed by atoms with E-state index < -0.39 is 0 Å². The molecule has 0 unspecified atom stereocenters. The van der Waals surface area contributed by atoms with Crippen LogP contribution in [0.4, 0.5) is 0 Å². The molecule has 0 radical (unpaired) electrons. The number of hydrogen-bond acceptors (Lipinski definition) is 2. The zero-order valence-electron chi connectivity index (χ0n) is 11.1. The molecule has 16 heavy (non-hydrogen) atoms. The smallest absolute Gasteiger partial charge is 0.00472 e. The molecule has 2 heteroatoms. The molecule has 0 heterocycles. The van der Waals surface area contributed by atoms with Crippen molar-refractivity contribution in [3.05, 3.63) is 0 Å². The minimum absolute atomic E-state index is 0.591. The molecule has 0 spiro atoms. The second-order valence-electron chi connectivity index (χ2n) is 6.23. The van der Waals surface area contributed by atoms with Gasteiger partial charge >= 0.3 is 0 Å². The molecule has 2 aliphatic carbocycles. The van der Waals surface area contributed by atoms with Gasteiger partial charge in [0.05, 0.1) is 0 Å². The second-order valence-corrected chi connectivity index (χ2v) is 6.23. The molecular formula is C14H28N2. The monoisotopic (exact) mass is 224 g/mol. The highest BCUT2D eigenvalue weighted by molar-refractivity contribution is 4.89. The Bertz CT molecular complexity index is 205. The molecular weight excluding hydrogens is 196 g/mol. The topological polar surface area (TPSA) is 15.3 Å².